The summed E-state index contributed by atoms with van der Waals surface area (Å²) < 4.78 is 12.1. The number of benzene rings is 2. The number of carbonyl (C=O) groups is 9. The molecule has 9 amide bonds. The molecule has 2 aromatic rings. The largest absolute Gasteiger partial charge is 0.386 e. The number of hydrogen-bond acceptors (Lipinski definition) is 13. The van der Waals surface area contributed by atoms with Crippen LogP contribution in [0.3, 0.4) is 0 Å². The summed E-state index contributed by atoms with van der Waals surface area (Å²) in [6, 6.07) is 9.89. The molecule has 3 aliphatic heterocycles. The van der Waals surface area contributed by atoms with Crippen molar-refractivity contribution in [1.82, 2.24) is 35.6 Å². The first-order valence-corrected chi connectivity index (χ1v) is 30.8. The summed E-state index contributed by atoms with van der Waals surface area (Å²) in [5.74, 6) is -4.81. The Kier molecular flexibility index (Phi) is 26.8. The Morgan fingerprint density at radius 1 is 0.750 bits per heavy atom. The van der Waals surface area contributed by atoms with Crippen LogP contribution in [-0.4, -0.2) is 168 Å². The fraction of sp³-hybridized carbons (Fsp3) is 0.672. The second-order valence-electron chi connectivity index (χ2n) is 24.2. The molecule has 2 saturated heterocycles. The van der Waals surface area contributed by atoms with Crippen LogP contribution in [0.25, 0.3) is 0 Å². The zero-order valence-electron chi connectivity index (χ0n) is 52.1. The van der Waals surface area contributed by atoms with Gasteiger partial charge >= 0.3 is 0 Å². The monoisotopic (exact) mass is 1170 g/mol. The molecule has 2 aromatic carbocycles. The number of piperidine rings is 1. The number of ether oxygens (including phenoxy) is 2. The van der Waals surface area contributed by atoms with Gasteiger partial charge in [-0.25, -0.2) is 0 Å². The lowest BCUT2D eigenvalue weighted by Crippen LogP contribution is -2.60. The van der Waals surface area contributed by atoms with Crippen LogP contribution in [0.2, 0.25) is 0 Å². The van der Waals surface area contributed by atoms with E-state index in [2.05, 4.69) is 21.3 Å². The van der Waals surface area contributed by atoms with Crippen molar-refractivity contribution in [3.05, 3.63) is 65.2 Å². The number of unbranched alkanes of at least 4 members (excludes halogenated alkanes) is 8. The van der Waals surface area contributed by atoms with Gasteiger partial charge in [0.05, 0.1) is 59.9 Å². The van der Waals surface area contributed by atoms with E-state index in [0.717, 1.165) is 56.3 Å². The van der Waals surface area contributed by atoms with Gasteiger partial charge in [0.25, 0.3) is 11.8 Å². The lowest BCUT2D eigenvalue weighted by molar-refractivity contribution is -0.148. The van der Waals surface area contributed by atoms with Gasteiger partial charge in [0.2, 0.25) is 41.4 Å². The zero-order valence-corrected chi connectivity index (χ0v) is 52.1. The van der Waals surface area contributed by atoms with E-state index in [4.69, 9.17) is 9.47 Å². The third-order valence-corrected chi connectivity index (χ3v) is 17.5. The highest BCUT2D eigenvalue weighted by Gasteiger charge is 2.47. The average molecular weight is 1170 g/mol. The maximum atomic E-state index is 14.7. The van der Waals surface area contributed by atoms with Crippen LogP contribution in [0.5, 0.6) is 0 Å². The van der Waals surface area contributed by atoms with Crippen molar-refractivity contribution >= 4 is 58.9 Å². The van der Waals surface area contributed by atoms with Crippen molar-refractivity contribution in [2.24, 2.45) is 23.7 Å². The maximum absolute atomic E-state index is 14.7. The van der Waals surface area contributed by atoms with Crippen LogP contribution >= 0.6 is 0 Å². The first kappa shape index (κ1) is 68.5. The van der Waals surface area contributed by atoms with Crippen molar-refractivity contribution in [2.45, 2.75) is 213 Å². The Bertz CT molecular complexity index is 2560. The van der Waals surface area contributed by atoms with Gasteiger partial charge in [-0.3, -0.25) is 53.4 Å². The van der Waals surface area contributed by atoms with E-state index in [1.165, 1.54) is 19.1 Å². The van der Waals surface area contributed by atoms with Crippen LogP contribution < -0.4 is 21.3 Å². The molecule has 84 heavy (non-hydrogen) atoms. The first-order valence-electron chi connectivity index (χ1n) is 30.8. The summed E-state index contributed by atoms with van der Waals surface area (Å²) >= 11 is 0. The van der Waals surface area contributed by atoms with Gasteiger partial charge in [0.1, 0.15) is 18.1 Å². The average Bonchev–Trinajstić information content (AvgIpc) is 2.33. The number of amides is 9. The second kappa shape index (κ2) is 32.9. The third-order valence-electron chi connectivity index (χ3n) is 17.5. The molecule has 0 aromatic heterocycles. The predicted molar refractivity (Wildman–Crippen MR) is 321 cm³/mol. The maximum Gasteiger partial charge on any atom is 0.264 e. The number of imide groups is 2. The zero-order chi connectivity index (χ0) is 61.9. The number of nitrogens with zero attached hydrogens (tertiary/aromatic N) is 4. The van der Waals surface area contributed by atoms with E-state index in [1.807, 2.05) is 59.7 Å². The summed E-state index contributed by atoms with van der Waals surface area (Å²) in [6.45, 7) is 16.1. The van der Waals surface area contributed by atoms with E-state index >= 15 is 0 Å². The number of likely N-dealkylation sites (N-methyl/N-ethyl adjacent to an activating group) is 2. The van der Waals surface area contributed by atoms with Crippen LogP contribution in [-0.2, 0) is 43.0 Å². The smallest absolute Gasteiger partial charge is 0.264 e. The van der Waals surface area contributed by atoms with Gasteiger partial charge in [-0.2, -0.15) is 0 Å². The molecule has 20 nitrogen and oxygen atoms in total. The van der Waals surface area contributed by atoms with Gasteiger partial charge in [-0.15, -0.1) is 0 Å². The molecular weight excluding hydrogens is 1070 g/mol. The normalized spacial score (nSPS) is 19.4. The standard InChI is InChI=1S/C64H98N8O12/c1-13-41(6)56(49(83-11)38-52(75)71-37-27-32-47(71)58(84-12)42(7)59(77)66-43(8)57(76)44-28-22-21-23-29-44)70(10)64(82)54(39(2)3)68-61(79)55(40(4)5)69(9)51(74)33-24-19-17-15-14-16-18-20-25-36-65-46-31-26-30-45-53(46)63(81)72(62(45)80)48-34-35-50(73)67-60(48)78/h21-23,26,28-31,39-43,47-49,54-58,65,76H,13-20,24-25,27,32-38H2,1-12H3,(H,66,77)(H,68,79)(H,67,73,78). The molecule has 2 fully saturated rings. The summed E-state index contributed by atoms with van der Waals surface area (Å²) in [4.78, 5) is 127. The number of rotatable bonds is 34. The lowest BCUT2D eigenvalue weighted by Gasteiger charge is -2.41. The number of fused-ring (bicyclic) bond motifs is 1. The minimum Gasteiger partial charge on any atom is -0.386 e. The Hall–Kier alpha value is -6.25. The highest BCUT2D eigenvalue weighted by Crippen LogP contribution is 2.34. The highest BCUT2D eigenvalue weighted by molar-refractivity contribution is 6.25. The predicted octanol–water partition coefficient (Wildman–Crippen LogP) is 7.18. The second-order valence-corrected chi connectivity index (χ2v) is 24.2. The van der Waals surface area contributed by atoms with E-state index in [0.29, 0.717) is 56.4 Å². The molecule has 5 N–H and O–H groups in total. The number of carbonyl (C=O) groups excluding carboxylic acids is 9. The summed E-state index contributed by atoms with van der Waals surface area (Å²) in [5.41, 5.74) is 1.74. The lowest BCUT2D eigenvalue weighted by atomic mass is 9.89. The number of aliphatic hydroxyl groups is 1. The SMILES string of the molecule is CCC(C)C(C(CC(=O)N1CCCC1C(OC)C(C)C(=O)NC(C)C(O)c1ccccc1)OC)N(C)C(=O)C(NC(=O)C(C(C)C)N(C)C(=O)CCCCCCCCCCCNc1cccc2c1C(=O)N(C1CCC(=O)NC1=O)C2=O)C(C)C. The number of likely N-dealkylation sites (tertiary alicyclic amines) is 1. The van der Waals surface area contributed by atoms with E-state index in [1.54, 1.807) is 68.1 Å². The van der Waals surface area contributed by atoms with Crippen LogP contribution in [0, 0.1) is 23.7 Å². The van der Waals surface area contributed by atoms with Crippen molar-refractivity contribution in [1.29, 1.82) is 0 Å². The minimum absolute atomic E-state index is 0.0354. The fourth-order valence-corrected chi connectivity index (χ4v) is 12.4. The Morgan fingerprint density at radius 3 is 1.99 bits per heavy atom. The molecule has 466 valence electrons. The summed E-state index contributed by atoms with van der Waals surface area (Å²) in [6.07, 6.45) is 8.76. The molecule has 3 heterocycles. The Labute approximate surface area is 498 Å². The van der Waals surface area contributed by atoms with Crippen LogP contribution in [0.1, 0.15) is 191 Å². The third kappa shape index (κ3) is 17.4. The first-order chi connectivity index (χ1) is 40.0. The van der Waals surface area contributed by atoms with Gasteiger partial charge in [-0.1, -0.05) is 136 Å². The van der Waals surface area contributed by atoms with Crippen molar-refractivity contribution in [2.75, 3.05) is 46.7 Å². The fourth-order valence-electron chi connectivity index (χ4n) is 12.4. The number of methoxy groups -OCH3 is 2. The Morgan fingerprint density at radius 2 is 1.39 bits per heavy atom. The number of aliphatic hydroxyl groups excluding tert-OH is 1. The van der Waals surface area contributed by atoms with Crippen molar-refractivity contribution < 1.29 is 57.7 Å². The van der Waals surface area contributed by atoms with Crippen LogP contribution in [0.4, 0.5) is 5.69 Å². The van der Waals surface area contributed by atoms with Gasteiger partial charge in [0.15, 0.2) is 0 Å². The molecule has 11 atom stereocenters. The molecule has 0 bridgehead atoms. The van der Waals surface area contributed by atoms with Crippen molar-refractivity contribution in [3.8, 4) is 0 Å². The number of nitrogens with one attached hydrogen (secondary N) is 4. The molecule has 3 aliphatic rings. The molecule has 0 aliphatic carbocycles. The van der Waals surface area contributed by atoms with Gasteiger partial charge in [-0.05, 0) is 74.5 Å². The molecular formula is C64H98N8O12. The summed E-state index contributed by atoms with van der Waals surface area (Å²) in [7, 11) is 6.42. The van der Waals surface area contributed by atoms with E-state index < -0.39 is 90.0 Å². The van der Waals surface area contributed by atoms with E-state index in [-0.39, 0.29) is 71.8 Å². The molecule has 11 unspecified atom stereocenters. The minimum atomic E-state index is -1.01. The molecule has 0 radical (unpaired) electrons. The quantitative estimate of drug-likeness (QED) is 0.0344. The molecule has 20 heteroatoms. The molecule has 0 saturated carbocycles. The van der Waals surface area contributed by atoms with Crippen molar-refractivity contribution in [3.63, 3.8) is 0 Å². The number of hydrogen-bond donors (Lipinski definition) is 5. The van der Waals surface area contributed by atoms with Gasteiger partial charge < -0.3 is 45.2 Å². The van der Waals surface area contributed by atoms with Gasteiger partial charge in [0, 0.05) is 59.9 Å². The van der Waals surface area contributed by atoms with Crippen LogP contribution in [0.15, 0.2) is 48.5 Å². The number of anilines is 1. The highest BCUT2D eigenvalue weighted by atomic mass is 16.5. The Balaban J connectivity index is 1.06. The molecule has 5 rings (SSSR count). The summed E-state index contributed by atoms with van der Waals surface area (Å²) in [5, 5.41) is 22.5. The topological polar surface area (TPSA) is 253 Å². The molecule has 0 spiro atoms. The van der Waals surface area contributed by atoms with E-state index in [9.17, 15) is 48.3 Å².